The van der Waals surface area contributed by atoms with Crippen LogP contribution in [0.15, 0.2) is 41.8 Å². The summed E-state index contributed by atoms with van der Waals surface area (Å²) >= 11 is 0. The number of allylic oxidation sites excluding steroid dienone is 3. The molecule has 6 heterocycles. The van der Waals surface area contributed by atoms with Gasteiger partial charge in [-0.25, -0.2) is 9.37 Å². The molecule has 246 valence electrons. The van der Waals surface area contributed by atoms with Crippen molar-refractivity contribution in [3.05, 3.63) is 64.4 Å². The van der Waals surface area contributed by atoms with E-state index < -0.39 is 23.7 Å². The lowest BCUT2D eigenvalue weighted by Crippen LogP contribution is -2.51. The van der Waals surface area contributed by atoms with E-state index in [2.05, 4.69) is 45.6 Å². The van der Waals surface area contributed by atoms with E-state index in [1.165, 1.54) is 24.2 Å². The largest absolute Gasteiger partial charge is 0.461 e. The lowest BCUT2D eigenvalue weighted by Gasteiger charge is -2.46. The van der Waals surface area contributed by atoms with Crippen LogP contribution in [0.1, 0.15) is 67.7 Å². The molecular formula is C36H43FN8O2. The van der Waals surface area contributed by atoms with Crippen molar-refractivity contribution >= 4 is 5.82 Å². The minimum atomic E-state index is -0.824. The van der Waals surface area contributed by atoms with E-state index in [0.29, 0.717) is 44.7 Å². The van der Waals surface area contributed by atoms with Gasteiger partial charge in [-0.05, 0) is 62.1 Å². The Balaban J connectivity index is 1.06. The molecule has 2 aromatic heterocycles. The van der Waals surface area contributed by atoms with E-state index in [0.717, 1.165) is 73.5 Å². The van der Waals surface area contributed by atoms with Crippen molar-refractivity contribution in [2.24, 2.45) is 17.6 Å². The molecule has 7 aliphatic rings. The number of alkyl halides is 1. The number of halogens is 1. The lowest BCUT2D eigenvalue weighted by molar-refractivity contribution is -0.0148. The van der Waals surface area contributed by atoms with Gasteiger partial charge in [-0.2, -0.15) is 15.2 Å². The van der Waals surface area contributed by atoms with E-state index in [9.17, 15) is 9.65 Å². The molecule has 9 rings (SSSR count). The number of aromatic nitrogens is 4. The molecule has 0 saturated carbocycles. The van der Waals surface area contributed by atoms with Crippen LogP contribution in [0, 0.1) is 23.2 Å². The van der Waals surface area contributed by atoms with Gasteiger partial charge in [-0.15, -0.1) is 0 Å². The minimum absolute atomic E-state index is 0.159. The molecule has 0 bridgehead atoms. The number of rotatable bonds is 5. The summed E-state index contributed by atoms with van der Waals surface area (Å²) in [7, 11) is 0. The third kappa shape index (κ3) is 4.62. The van der Waals surface area contributed by atoms with Gasteiger partial charge < -0.3 is 24.7 Å². The van der Waals surface area contributed by atoms with Gasteiger partial charge in [0.1, 0.15) is 24.2 Å². The number of ether oxygens (including phenoxy) is 2. The average Bonchev–Trinajstić information content (AvgIpc) is 3.73. The maximum Gasteiger partial charge on any atom is 0.318 e. The fourth-order valence-corrected chi connectivity index (χ4v) is 9.49. The summed E-state index contributed by atoms with van der Waals surface area (Å²) in [5.74, 6) is 0.521. The normalized spacial score (nSPS) is 34.6. The maximum absolute atomic E-state index is 14.6. The van der Waals surface area contributed by atoms with Crippen LogP contribution in [0.25, 0.3) is 0 Å². The fourth-order valence-electron chi connectivity index (χ4n) is 9.49. The highest BCUT2D eigenvalue weighted by atomic mass is 19.1. The van der Waals surface area contributed by atoms with Crippen molar-refractivity contribution in [3.63, 3.8) is 0 Å². The zero-order valence-electron chi connectivity index (χ0n) is 27.1. The summed E-state index contributed by atoms with van der Waals surface area (Å²) in [6.07, 6.45) is 17.0. The second-order valence-electron chi connectivity index (χ2n) is 14.8. The number of imidazole rings is 1. The van der Waals surface area contributed by atoms with Crippen molar-refractivity contribution in [2.45, 2.75) is 94.3 Å². The Morgan fingerprint density at radius 3 is 2.89 bits per heavy atom. The van der Waals surface area contributed by atoms with Gasteiger partial charge in [-0.1, -0.05) is 31.2 Å². The van der Waals surface area contributed by atoms with Gasteiger partial charge in [0, 0.05) is 49.8 Å². The summed E-state index contributed by atoms with van der Waals surface area (Å²) in [6.45, 7) is 5.87. The van der Waals surface area contributed by atoms with E-state index in [1.54, 1.807) is 0 Å². The molecule has 10 nitrogen and oxygen atoms in total. The van der Waals surface area contributed by atoms with Gasteiger partial charge in [0.25, 0.3) is 0 Å². The number of anilines is 1. The smallest absolute Gasteiger partial charge is 0.318 e. The first-order chi connectivity index (χ1) is 22.9. The van der Waals surface area contributed by atoms with E-state index in [1.807, 2.05) is 12.4 Å². The van der Waals surface area contributed by atoms with Gasteiger partial charge in [-0.3, -0.25) is 4.90 Å². The first-order valence-electron chi connectivity index (χ1n) is 17.5. The summed E-state index contributed by atoms with van der Waals surface area (Å²) in [4.78, 5) is 19.4. The molecule has 3 saturated heterocycles. The first-order valence-corrected chi connectivity index (χ1v) is 17.5. The third-order valence-electron chi connectivity index (χ3n) is 12.0. The number of nitrogens with zero attached hydrogens (tertiary/aromatic N) is 7. The summed E-state index contributed by atoms with van der Waals surface area (Å²) in [5, 5.41) is 10.3. The van der Waals surface area contributed by atoms with Crippen LogP contribution in [-0.4, -0.2) is 80.6 Å². The van der Waals surface area contributed by atoms with E-state index >= 15 is 0 Å². The molecule has 0 amide bonds. The van der Waals surface area contributed by atoms with Crippen LogP contribution in [0.3, 0.4) is 0 Å². The van der Waals surface area contributed by atoms with Gasteiger partial charge >= 0.3 is 6.01 Å². The van der Waals surface area contributed by atoms with Crippen LogP contribution in [0.4, 0.5) is 10.2 Å². The Kier molecular flexibility index (Phi) is 6.90. The molecule has 0 radical (unpaired) electrons. The zero-order chi connectivity index (χ0) is 31.9. The number of hydrogen-bond donors (Lipinski definition) is 1. The molecule has 3 fully saturated rings. The predicted octanol–water partition coefficient (Wildman–Crippen LogP) is 3.92. The number of aryl methyl sites for hydroxylation is 1. The minimum Gasteiger partial charge on any atom is -0.461 e. The van der Waals surface area contributed by atoms with Crippen LogP contribution < -0.4 is 15.4 Å². The highest BCUT2D eigenvalue weighted by Gasteiger charge is 2.51. The number of nitriles is 1. The van der Waals surface area contributed by atoms with Crippen molar-refractivity contribution in [2.75, 3.05) is 37.7 Å². The summed E-state index contributed by atoms with van der Waals surface area (Å²) in [6, 6.07) is 2.76. The van der Waals surface area contributed by atoms with E-state index in [4.69, 9.17) is 30.2 Å². The molecule has 11 heteroatoms. The van der Waals surface area contributed by atoms with Crippen LogP contribution >= 0.6 is 0 Å². The van der Waals surface area contributed by atoms with Crippen LogP contribution in [0.2, 0.25) is 0 Å². The van der Waals surface area contributed by atoms with Crippen molar-refractivity contribution < 1.29 is 13.9 Å². The Morgan fingerprint density at radius 2 is 2.02 bits per heavy atom. The molecule has 6 atom stereocenters. The molecular weight excluding hydrogens is 595 g/mol. The predicted molar refractivity (Wildman–Crippen MR) is 173 cm³/mol. The van der Waals surface area contributed by atoms with E-state index in [-0.39, 0.29) is 11.5 Å². The van der Waals surface area contributed by atoms with Crippen LogP contribution in [-0.2, 0) is 30.6 Å². The highest BCUT2D eigenvalue weighted by molar-refractivity contribution is 5.57. The van der Waals surface area contributed by atoms with Gasteiger partial charge in [0.2, 0.25) is 0 Å². The molecule has 2 N–H and O–H groups in total. The second-order valence-corrected chi connectivity index (χ2v) is 14.8. The first kappa shape index (κ1) is 29.5. The molecule has 2 aromatic rings. The number of fused-ring (bicyclic) bond motifs is 4. The molecule has 1 spiro atoms. The van der Waals surface area contributed by atoms with Gasteiger partial charge in [0.15, 0.2) is 0 Å². The topological polar surface area (TPSA) is 118 Å². The Morgan fingerprint density at radius 1 is 1.15 bits per heavy atom. The molecule has 6 unspecified atom stereocenters. The quantitative estimate of drug-likeness (QED) is 0.487. The molecule has 47 heavy (non-hydrogen) atoms. The third-order valence-corrected chi connectivity index (χ3v) is 12.0. The summed E-state index contributed by atoms with van der Waals surface area (Å²) < 4.78 is 30.2. The van der Waals surface area contributed by atoms with Gasteiger partial charge in [0.05, 0.1) is 47.9 Å². The highest BCUT2D eigenvalue weighted by Crippen LogP contribution is 2.48. The van der Waals surface area contributed by atoms with Crippen molar-refractivity contribution in [3.8, 4) is 12.1 Å². The summed E-state index contributed by atoms with van der Waals surface area (Å²) in [5.41, 5.74) is 11.9. The van der Waals surface area contributed by atoms with Crippen LogP contribution in [0.5, 0.6) is 6.01 Å². The SMILES string of the molecule is CC1C=CC2(Cc3nc(OCC45CCCN4CC(F)C5)nc(N4CC(n5cnc6c5CCCC6)C4)c3CO2)C2=C1C=CC(N)C2C#N. The Labute approximate surface area is 275 Å². The Bertz CT molecular complexity index is 1740. The lowest BCUT2D eigenvalue weighted by atomic mass is 9.67. The second kappa shape index (κ2) is 11.0. The molecule has 0 aromatic carbocycles. The van der Waals surface area contributed by atoms with Crippen molar-refractivity contribution in [1.82, 2.24) is 24.4 Å². The molecule has 4 aliphatic heterocycles. The zero-order valence-corrected chi connectivity index (χ0v) is 27.1. The molecule has 3 aliphatic carbocycles. The number of hydrogen-bond acceptors (Lipinski definition) is 9. The fraction of sp³-hybridized carbons (Fsp3) is 0.611. The maximum atomic E-state index is 14.6. The average molecular weight is 639 g/mol. The Hall–Kier alpha value is -3.59. The van der Waals surface area contributed by atoms with Crippen molar-refractivity contribution in [1.29, 1.82) is 5.26 Å². The standard InChI is InChI=1S/C36H43FN8O2/c1-22-9-11-36(32-25(22)7-8-28(39)26(32)15-38)14-30-27(19-47-36)33(43-17-24(18-43)45-21-40-29-5-2-3-6-31(29)45)42-34(41-30)46-20-35-10-4-12-44(35)16-23(37)13-35/h7-9,11,21-24,26,28H,2-6,10,12-14,16-20,39H2,1H3. The monoisotopic (exact) mass is 638 g/mol. The number of nitrogens with two attached hydrogens (primary N) is 1.